The van der Waals surface area contributed by atoms with E-state index >= 15 is 0 Å². The minimum Gasteiger partial charge on any atom is -0.368 e. The maximum atomic E-state index is 4.34. The second-order valence-corrected chi connectivity index (χ2v) is 5.27. The summed E-state index contributed by atoms with van der Waals surface area (Å²) in [6, 6.07) is 6.57. The topological polar surface area (TPSA) is 30.9 Å². The predicted molar refractivity (Wildman–Crippen MR) is 102 cm³/mol. The molecule has 0 unspecified atom stereocenters. The number of aryl methyl sites for hydroxylation is 1. The molecule has 118 valence electrons. The van der Waals surface area contributed by atoms with Crippen LogP contribution >= 0.6 is 24.0 Å². The fourth-order valence-corrected chi connectivity index (χ4v) is 2.73. The molecule has 2 rings (SSSR count). The van der Waals surface area contributed by atoms with E-state index in [9.17, 15) is 0 Å². The molecule has 4 nitrogen and oxygen atoms in total. The SMILES string of the molecule is CCNC(=NC)N1CCN(c2cccc(C)c2C)CC1.I. The Kier molecular flexibility index (Phi) is 7.28. The first kappa shape index (κ1) is 18.1. The van der Waals surface area contributed by atoms with Gasteiger partial charge in [0.25, 0.3) is 0 Å². The van der Waals surface area contributed by atoms with Gasteiger partial charge in [-0.25, -0.2) is 0 Å². The molecule has 0 atom stereocenters. The van der Waals surface area contributed by atoms with Crippen LogP contribution in [0.2, 0.25) is 0 Å². The lowest BCUT2D eigenvalue weighted by Gasteiger charge is -2.38. The number of hydrogen-bond acceptors (Lipinski definition) is 2. The van der Waals surface area contributed by atoms with Gasteiger partial charge in [-0.05, 0) is 38.0 Å². The molecule has 0 amide bonds. The Morgan fingerprint density at radius 2 is 1.86 bits per heavy atom. The maximum Gasteiger partial charge on any atom is 0.193 e. The highest BCUT2D eigenvalue weighted by Gasteiger charge is 2.20. The molecule has 1 aromatic carbocycles. The van der Waals surface area contributed by atoms with Crippen LogP contribution in [0.5, 0.6) is 0 Å². The maximum absolute atomic E-state index is 4.34. The van der Waals surface area contributed by atoms with E-state index in [2.05, 4.69) is 59.1 Å². The summed E-state index contributed by atoms with van der Waals surface area (Å²) in [4.78, 5) is 9.17. The zero-order chi connectivity index (χ0) is 14.5. The van der Waals surface area contributed by atoms with Gasteiger partial charge in [-0.3, -0.25) is 4.99 Å². The van der Waals surface area contributed by atoms with Crippen molar-refractivity contribution in [3.8, 4) is 0 Å². The van der Waals surface area contributed by atoms with Crippen LogP contribution < -0.4 is 10.2 Å². The fraction of sp³-hybridized carbons (Fsp3) is 0.562. The summed E-state index contributed by atoms with van der Waals surface area (Å²) in [6.07, 6.45) is 0. The smallest absolute Gasteiger partial charge is 0.193 e. The summed E-state index contributed by atoms with van der Waals surface area (Å²) in [5.41, 5.74) is 4.15. The number of guanidine groups is 1. The molecule has 1 aliphatic rings. The summed E-state index contributed by atoms with van der Waals surface area (Å²) in [6.45, 7) is 11.6. The van der Waals surface area contributed by atoms with Gasteiger partial charge in [-0.15, -0.1) is 24.0 Å². The molecule has 5 heteroatoms. The highest BCUT2D eigenvalue weighted by atomic mass is 127. The predicted octanol–water partition coefficient (Wildman–Crippen LogP) is 2.64. The zero-order valence-corrected chi connectivity index (χ0v) is 15.8. The van der Waals surface area contributed by atoms with Crippen molar-refractivity contribution in [2.45, 2.75) is 20.8 Å². The highest BCUT2D eigenvalue weighted by Crippen LogP contribution is 2.23. The number of hydrogen-bond donors (Lipinski definition) is 1. The van der Waals surface area contributed by atoms with Crippen LogP contribution in [0.25, 0.3) is 0 Å². The van der Waals surface area contributed by atoms with E-state index in [1.807, 2.05) is 7.05 Å². The van der Waals surface area contributed by atoms with Crippen molar-refractivity contribution in [2.75, 3.05) is 44.7 Å². The Hall–Kier alpha value is -0.980. The number of aliphatic imine (C=N–C) groups is 1. The molecule has 0 aliphatic carbocycles. The Morgan fingerprint density at radius 1 is 1.19 bits per heavy atom. The number of halogens is 1. The van der Waals surface area contributed by atoms with E-state index in [1.165, 1.54) is 16.8 Å². The largest absolute Gasteiger partial charge is 0.368 e. The number of rotatable bonds is 2. The first-order valence-corrected chi connectivity index (χ1v) is 7.44. The number of benzene rings is 1. The molecule has 0 bridgehead atoms. The second kappa shape index (κ2) is 8.46. The van der Waals surface area contributed by atoms with Gasteiger partial charge in [0.15, 0.2) is 5.96 Å². The molecule has 1 aliphatic heterocycles. The molecule has 1 fully saturated rings. The molecule has 1 N–H and O–H groups in total. The molecule has 0 aromatic heterocycles. The molecule has 0 spiro atoms. The Balaban J connectivity index is 0.00000220. The van der Waals surface area contributed by atoms with Gasteiger partial charge < -0.3 is 15.1 Å². The molecular formula is C16H27IN4. The summed E-state index contributed by atoms with van der Waals surface area (Å²) < 4.78 is 0. The normalized spacial score (nSPS) is 15.7. The lowest BCUT2D eigenvalue weighted by molar-refractivity contribution is 0.373. The minimum atomic E-state index is 0. The van der Waals surface area contributed by atoms with Crippen molar-refractivity contribution in [3.05, 3.63) is 29.3 Å². The number of piperazine rings is 1. The number of nitrogens with one attached hydrogen (secondary N) is 1. The second-order valence-electron chi connectivity index (χ2n) is 5.27. The molecular weight excluding hydrogens is 375 g/mol. The van der Waals surface area contributed by atoms with E-state index in [0.717, 1.165) is 38.7 Å². The average Bonchev–Trinajstić information content (AvgIpc) is 2.48. The monoisotopic (exact) mass is 402 g/mol. The standard InChI is InChI=1S/C16H26N4.HI/c1-5-18-16(17-4)20-11-9-19(10-12-20)15-8-6-7-13(2)14(15)3;/h6-8H,5,9-12H2,1-4H3,(H,17,18);1H. The van der Waals surface area contributed by atoms with Crippen LogP contribution in [0.1, 0.15) is 18.1 Å². The van der Waals surface area contributed by atoms with E-state index < -0.39 is 0 Å². The van der Waals surface area contributed by atoms with Crippen molar-refractivity contribution in [1.82, 2.24) is 10.2 Å². The zero-order valence-electron chi connectivity index (χ0n) is 13.5. The van der Waals surface area contributed by atoms with Crippen LogP contribution in [0.4, 0.5) is 5.69 Å². The van der Waals surface area contributed by atoms with Gasteiger partial charge in [0.2, 0.25) is 0 Å². The summed E-state index contributed by atoms with van der Waals surface area (Å²) >= 11 is 0. The van der Waals surface area contributed by atoms with E-state index in [1.54, 1.807) is 0 Å². The Morgan fingerprint density at radius 3 is 2.43 bits per heavy atom. The lowest BCUT2D eigenvalue weighted by Crippen LogP contribution is -2.52. The fourth-order valence-electron chi connectivity index (χ4n) is 2.73. The number of anilines is 1. The first-order chi connectivity index (χ1) is 9.67. The quantitative estimate of drug-likeness (QED) is 0.469. The summed E-state index contributed by atoms with van der Waals surface area (Å²) in [7, 11) is 1.86. The van der Waals surface area contributed by atoms with Gasteiger partial charge in [0, 0.05) is 45.5 Å². The summed E-state index contributed by atoms with van der Waals surface area (Å²) in [5, 5.41) is 3.33. The van der Waals surface area contributed by atoms with Crippen LogP contribution in [-0.4, -0.2) is 50.6 Å². The van der Waals surface area contributed by atoms with E-state index in [0.29, 0.717) is 0 Å². The molecule has 1 aromatic rings. The van der Waals surface area contributed by atoms with Crippen molar-refractivity contribution in [2.24, 2.45) is 4.99 Å². The molecule has 0 radical (unpaired) electrons. The molecule has 0 saturated carbocycles. The van der Waals surface area contributed by atoms with Crippen molar-refractivity contribution >= 4 is 35.6 Å². The first-order valence-electron chi connectivity index (χ1n) is 7.44. The molecule has 21 heavy (non-hydrogen) atoms. The number of nitrogens with zero attached hydrogens (tertiary/aromatic N) is 3. The van der Waals surface area contributed by atoms with Gasteiger partial charge in [-0.2, -0.15) is 0 Å². The highest BCUT2D eigenvalue weighted by molar-refractivity contribution is 14.0. The van der Waals surface area contributed by atoms with Crippen LogP contribution in [0, 0.1) is 13.8 Å². The average molecular weight is 402 g/mol. The van der Waals surface area contributed by atoms with Crippen molar-refractivity contribution in [3.63, 3.8) is 0 Å². The van der Waals surface area contributed by atoms with Crippen LogP contribution in [0.15, 0.2) is 23.2 Å². The third kappa shape index (κ3) is 4.25. The van der Waals surface area contributed by atoms with Crippen molar-refractivity contribution < 1.29 is 0 Å². The van der Waals surface area contributed by atoms with Crippen LogP contribution in [0.3, 0.4) is 0 Å². The third-order valence-corrected chi connectivity index (χ3v) is 4.04. The van der Waals surface area contributed by atoms with Gasteiger partial charge >= 0.3 is 0 Å². The van der Waals surface area contributed by atoms with Gasteiger partial charge in [-0.1, -0.05) is 12.1 Å². The Labute approximate surface area is 145 Å². The molecule has 1 saturated heterocycles. The molecule has 1 heterocycles. The van der Waals surface area contributed by atoms with E-state index in [-0.39, 0.29) is 24.0 Å². The third-order valence-electron chi connectivity index (χ3n) is 4.04. The lowest BCUT2D eigenvalue weighted by atomic mass is 10.1. The van der Waals surface area contributed by atoms with E-state index in [4.69, 9.17) is 0 Å². The minimum absolute atomic E-state index is 0. The van der Waals surface area contributed by atoms with Gasteiger partial charge in [0.05, 0.1) is 0 Å². The summed E-state index contributed by atoms with van der Waals surface area (Å²) in [5.74, 6) is 1.02. The van der Waals surface area contributed by atoms with Crippen molar-refractivity contribution in [1.29, 1.82) is 0 Å². The Bertz CT molecular complexity index is 479. The van der Waals surface area contributed by atoms with Crippen LogP contribution in [-0.2, 0) is 0 Å². The van der Waals surface area contributed by atoms with Gasteiger partial charge in [0.1, 0.15) is 0 Å².